The largest absolute Gasteiger partial charge is 0.497 e. The van der Waals surface area contributed by atoms with E-state index in [9.17, 15) is 4.79 Å². The number of benzene rings is 2. The first-order chi connectivity index (χ1) is 11.2. The zero-order chi connectivity index (χ0) is 16.2. The van der Waals surface area contributed by atoms with Crippen molar-refractivity contribution in [2.45, 2.75) is 0 Å². The van der Waals surface area contributed by atoms with E-state index in [1.165, 1.54) is 0 Å². The lowest BCUT2D eigenvalue weighted by Crippen LogP contribution is -2.05. The van der Waals surface area contributed by atoms with Crippen LogP contribution in [0.4, 0.5) is 0 Å². The molecule has 23 heavy (non-hydrogen) atoms. The highest BCUT2D eigenvalue weighted by Crippen LogP contribution is 2.28. The summed E-state index contributed by atoms with van der Waals surface area (Å²) in [7, 11) is 3.14. The van der Waals surface area contributed by atoms with Gasteiger partial charge in [0, 0.05) is 17.2 Å². The standard InChI is InChI=1S/C18H15NO4/c1-21-14-9-8-13(16(11-14)22-2)10-15-18(20)23-17(19-15)12-6-4-3-5-7-12/h3-11H,1-2H3/b15-10+. The molecule has 1 heterocycles. The van der Waals surface area contributed by atoms with Crippen molar-refractivity contribution in [1.82, 2.24) is 0 Å². The van der Waals surface area contributed by atoms with Crippen molar-refractivity contribution < 1.29 is 19.0 Å². The average molecular weight is 309 g/mol. The average Bonchev–Trinajstić information content (AvgIpc) is 2.97. The fourth-order valence-corrected chi connectivity index (χ4v) is 2.20. The van der Waals surface area contributed by atoms with Crippen LogP contribution in [0.2, 0.25) is 0 Å². The molecule has 5 nitrogen and oxygen atoms in total. The van der Waals surface area contributed by atoms with Gasteiger partial charge in [0.05, 0.1) is 14.2 Å². The van der Waals surface area contributed by atoms with Gasteiger partial charge in [-0.05, 0) is 30.3 Å². The summed E-state index contributed by atoms with van der Waals surface area (Å²) in [5, 5.41) is 0. The fraction of sp³-hybridized carbons (Fsp3) is 0.111. The highest BCUT2D eigenvalue weighted by Gasteiger charge is 2.24. The second-order valence-electron chi connectivity index (χ2n) is 4.81. The Morgan fingerprint density at radius 1 is 1.04 bits per heavy atom. The zero-order valence-corrected chi connectivity index (χ0v) is 12.8. The lowest BCUT2D eigenvalue weighted by molar-refractivity contribution is -0.129. The van der Waals surface area contributed by atoms with Crippen molar-refractivity contribution in [2.24, 2.45) is 4.99 Å². The topological polar surface area (TPSA) is 57.1 Å². The molecule has 0 aromatic heterocycles. The minimum atomic E-state index is -0.485. The Morgan fingerprint density at radius 3 is 2.52 bits per heavy atom. The van der Waals surface area contributed by atoms with Crippen LogP contribution >= 0.6 is 0 Å². The molecule has 0 unspecified atom stereocenters. The number of cyclic esters (lactones) is 1. The van der Waals surface area contributed by atoms with E-state index in [1.54, 1.807) is 38.5 Å². The van der Waals surface area contributed by atoms with Crippen LogP contribution in [0.15, 0.2) is 59.2 Å². The maximum atomic E-state index is 12.0. The molecule has 5 heteroatoms. The molecular weight excluding hydrogens is 294 g/mol. The molecule has 2 aromatic rings. The molecule has 0 N–H and O–H groups in total. The molecule has 0 amide bonds. The van der Waals surface area contributed by atoms with Gasteiger partial charge >= 0.3 is 5.97 Å². The summed E-state index contributed by atoms with van der Waals surface area (Å²) in [4.78, 5) is 16.3. The number of aliphatic imine (C=N–C) groups is 1. The van der Waals surface area contributed by atoms with Gasteiger partial charge in [0.2, 0.25) is 5.90 Å². The van der Waals surface area contributed by atoms with Crippen molar-refractivity contribution in [3.63, 3.8) is 0 Å². The third kappa shape index (κ3) is 3.08. The number of carbonyl (C=O) groups is 1. The molecule has 0 saturated heterocycles. The van der Waals surface area contributed by atoms with Crippen LogP contribution in [0.25, 0.3) is 6.08 Å². The number of carbonyl (C=O) groups excluding carboxylic acids is 1. The Balaban J connectivity index is 1.96. The molecule has 3 rings (SSSR count). The van der Waals surface area contributed by atoms with Crippen LogP contribution in [0.5, 0.6) is 11.5 Å². The van der Waals surface area contributed by atoms with E-state index < -0.39 is 5.97 Å². The molecule has 0 atom stereocenters. The second-order valence-corrected chi connectivity index (χ2v) is 4.81. The predicted molar refractivity (Wildman–Crippen MR) is 86.6 cm³/mol. The molecule has 0 aliphatic carbocycles. The number of hydrogen-bond donors (Lipinski definition) is 0. The molecule has 2 aromatic carbocycles. The highest BCUT2D eigenvalue weighted by atomic mass is 16.6. The van der Waals surface area contributed by atoms with Crippen LogP contribution in [0.1, 0.15) is 11.1 Å². The Hall–Kier alpha value is -3.08. The maximum absolute atomic E-state index is 12.0. The van der Waals surface area contributed by atoms with Gasteiger partial charge in [-0.15, -0.1) is 0 Å². The van der Waals surface area contributed by atoms with Gasteiger partial charge in [0.1, 0.15) is 11.5 Å². The Bertz CT molecular complexity index is 794. The van der Waals surface area contributed by atoms with E-state index in [1.807, 2.05) is 30.3 Å². The lowest BCUT2D eigenvalue weighted by atomic mass is 10.1. The molecule has 0 fully saturated rings. The van der Waals surface area contributed by atoms with Crippen LogP contribution in [0.3, 0.4) is 0 Å². The number of hydrogen-bond acceptors (Lipinski definition) is 5. The Morgan fingerprint density at radius 2 is 1.83 bits per heavy atom. The third-order valence-corrected chi connectivity index (χ3v) is 3.37. The minimum absolute atomic E-state index is 0.229. The normalized spacial score (nSPS) is 15.3. The van der Waals surface area contributed by atoms with E-state index >= 15 is 0 Å². The van der Waals surface area contributed by atoms with Gasteiger partial charge in [-0.3, -0.25) is 0 Å². The zero-order valence-electron chi connectivity index (χ0n) is 12.8. The number of rotatable bonds is 4. The molecule has 1 aliphatic rings. The third-order valence-electron chi connectivity index (χ3n) is 3.37. The monoisotopic (exact) mass is 309 g/mol. The van der Waals surface area contributed by atoms with E-state index in [-0.39, 0.29) is 5.70 Å². The van der Waals surface area contributed by atoms with Crippen molar-refractivity contribution in [3.8, 4) is 11.5 Å². The molecule has 0 saturated carbocycles. The number of esters is 1. The van der Waals surface area contributed by atoms with Gasteiger partial charge < -0.3 is 14.2 Å². The van der Waals surface area contributed by atoms with Crippen LogP contribution in [0, 0.1) is 0 Å². The maximum Gasteiger partial charge on any atom is 0.363 e. The molecule has 1 aliphatic heterocycles. The van der Waals surface area contributed by atoms with Gasteiger partial charge in [0.25, 0.3) is 0 Å². The number of ether oxygens (including phenoxy) is 3. The summed E-state index contributed by atoms with van der Waals surface area (Å²) in [6, 6.07) is 14.6. The fourth-order valence-electron chi connectivity index (χ4n) is 2.20. The first-order valence-corrected chi connectivity index (χ1v) is 7.01. The van der Waals surface area contributed by atoms with Crippen molar-refractivity contribution in [3.05, 3.63) is 65.4 Å². The summed E-state index contributed by atoms with van der Waals surface area (Å²) < 4.78 is 15.7. The van der Waals surface area contributed by atoms with Crippen molar-refractivity contribution in [1.29, 1.82) is 0 Å². The van der Waals surface area contributed by atoms with Crippen LogP contribution in [-0.2, 0) is 9.53 Å². The smallest absolute Gasteiger partial charge is 0.363 e. The molecule has 0 spiro atoms. The Kier molecular flexibility index (Phi) is 4.10. The van der Waals surface area contributed by atoms with Gasteiger partial charge in [-0.1, -0.05) is 18.2 Å². The second kappa shape index (κ2) is 6.36. The van der Waals surface area contributed by atoms with E-state index in [0.29, 0.717) is 17.4 Å². The quantitative estimate of drug-likeness (QED) is 0.643. The molecule has 0 bridgehead atoms. The highest BCUT2D eigenvalue weighted by molar-refractivity contribution is 6.12. The van der Waals surface area contributed by atoms with Gasteiger partial charge in [-0.25, -0.2) is 9.79 Å². The summed E-state index contributed by atoms with van der Waals surface area (Å²) in [5.74, 6) is 1.08. The first-order valence-electron chi connectivity index (χ1n) is 7.01. The molecular formula is C18H15NO4. The van der Waals surface area contributed by atoms with E-state index in [2.05, 4.69) is 4.99 Å². The summed E-state index contributed by atoms with van der Waals surface area (Å²) >= 11 is 0. The van der Waals surface area contributed by atoms with Gasteiger partial charge in [0.15, 0.2) is 5.70 Å². The predicted octanol–water partition coefficient (Wildman–Crippen LogP) is 3.05. The Labute approximate surface area is 133 Å². The molecule has 0 radical (unpaired) electrons. The molecule has 116 valence electrons. The van der Waals surface area contributed by atoms with Crippen LogP contribution in [-0.4, -0.2) is 26.1 Å². The van der Waals surface area contributed by atoms with Gasteiger partial charge in [-0.2, -0.15) is 0 Å². The first kappa shape index (κ1) is 14.8. The summed E-state index contributed by atoms with van der Waals surface area (Å²) in [6.07, 6.45) is 1.64. The summed E-state index contributed by atoms with van der Waals surface area (Å²) in [5.41, 5.74) is 1.71. The number of nitrogens with zero attached hydrogens (tertiary/aromatic N) is 1. The summed E-state index contributed by atoms with van der Waals surface area (Å²) in [6.45, 7) is 0. The van der Waals surface area contributed by atoms with E-state index in [4.69, 9.17) is 14.2 Å². The van der Waals surface area contributed by atoms with Crippen molar-refractivity contribution >= 4 is 17.9 Å². The van der Waals surface area contributed by atoms with Crippen LogP contribution < -0.4 is 9.47 Å². The SMILES string of the molecule is COc1ccc(/C=C2/N=C(c3ccccc3)OC2=O)c(OC)c1. The van der Waals surface area contributed by atoms with E-state index in [0.717, 1.165) is 11.1 Å². The minimum Gasteiger partial charge on any atom is -0.497 e. The van der Waals surface area contributed by atoms with Crippen molar-refractivity contribution in [2.75, 3.05) is 14.2 Å². The number of methoxy groups -OCH3 is 2. The lowest BCUT2D eigenvalue weighted by Gasteiger charge is -2.07.